The molecule has 1 unspecified atom stereocenters. The number of hydrogen-bond donors (Lipinski definition) is 1. The number of hydroxylamine groups is 2. The molecule has 1 aromatic rings. The Labute approximate surface area is 141 Å². The molecule has 1 atom stereocenters. The summed E-state index contributed by atoms with van der Waals surface area (Å²) in [6, 6.07) is 4.83. The number of alkyl halides is 3. The Morgan fingerprint density at radius 1 is 1.20 bits per heavy atom. The summed E-state index contributed by atoms with van der Waals surface area (Å²) in [5, 5.41) is 9.33. The van der Waals surface area contributed by atoms with Crippen LogP contribution in [-0.4, -0.2) is 40.5 Å². The van der Waals surface area contributed by atoms with Crippen molar-refractivity contribution >= 4 is 17.5 Å². The molecule has 0 radical (unpaired) electrons. The van der Waals surface area contributed by atoms with Crippen LogP contribution < -0.4 is 0 Å². The van der Waals surface area contributed by atoms with Crippen molar-refractivity contribution in [3.8, 4) is 0 Å². The number of halogens is 3. The molecule has 0 saturated heterocycles. The van der Waals surface area contributed by atoms with Gasteiger partial charge in [0.1, 0.15) is 11.6 Å². The van der Waals surface area contributed by atoms with Crippen LogP contribution >= 0.6 is 0 Å². The molecule has 1 amide bonds. The molecular formula is C16H16F3NO5. The van der Waals surface area contributed by atoms with Gasteiger partial charge >= 0.3 is 6.18 Å². The molecule has 6 nitrogen and oxygen atoms in total. The fraction of sp³-hybridized carbons (Fsp3) is 0.438. The summed E-state index contributed by atoms with van der Waals surface area (Å²) in [6.07, 6.45) is -5.62. The molecule has 25 heavy (non-hydrogen) atoms. The average molecular weight is 359 g/mol. The molecule has 1 aromatic carbocycles. The van der Waals surface area contributed by atoms with Crippen LogP contribution in [0.1, 0.15) is 42.1 Å². The Morgan fingerprint density at radius 3 is 2.44 bits per heavy atom. The topological polar surface area (TPSA) is 83.9 Å². The van der Waals surface area contributed by atoms with Gasteiger partial charge in [-0.2, -0.15) is 18.2 Å². The van der Waals surface area contributed by atoms with E-state index in [4.69, 9.17) is 4.74 Å². The van der Waals surface area contributed by atoms with Gasteiger partial charge in [-0.1, -0.05) is 18.2 Å². The molecule has 0 saturated carbocycles. The predicted molar refractivity (Wildman–Crippen MR) is 77.6 cm³/mol. The number of hydrogen-bond acceptors (Lipinski definition) is 5. The van der Waals surface area contributed by atoms with Crippen LogP contribution in [-0.2, 0) is 20.1 Å². The zero-order chi connectivity index (χ0) is 18.8. The van der Waals surface area contributed by atoms with Gasteiger partial charge in [-0.3, -0.25) is 14.8 Å². The molecule has 9 heteroatoms. The normalized spacial score (nSPS) is 19.9. The Hall–Kier alpha value is -2.26. The second kappa shape index (κ2) is 6.93. The fourth-order valence-corrected chi connectivity index (χ4v) is 2.58. The summed E-state index contributed by atoms with van der Waals surface area (Å²) in [7, 11) is 0. The van der Waals surface area contributed by atoms with Gasteiger partial charge in [0.2, 0.25) is 0 Å². The van der Waals surface area contributed by atoms with Gasteiger partial charge in [0, 0.05) is 24.8 Å². The summed E-state index contributed by atoms with van der Waals surface area (Å²) < 4.78 is 45.9. The van der Waals surface area contributed by atoms with Crippen molar-refractivity contribution in [3.05, 3.63) is 35.4 Å². The van der Waals surface area contributed by atoms with Crippen LogP contribution in [0.5, 0.6) is 0 Å². The van der Waals surface area contributed by atoms with Gasteiger partial charge < -0.3 is 9.53 Å². The molecule has 1 N–H and O–H groups in total. The van der Waals surface area contributed by atoms with E-state index in [-0.39, 0.29) is 30.6 Å². The number of benzene rings is 1. The molecule has 0 fully saturated rings. The van der Waals surface area contributed by atoms with Crippen molar-refractivity contribution in [2.75, 3.05) is 6.61 Å². The van der Waals surface area contributed by atoms with Crippen LogP contribution in [0.25, 0.3) is 0 Å². The van der Waals surface area contributed by atoms with Crippen molar-refractivity contribution < 1.29 is 37.5 Å². The van der Waals surface area contributed by atoms with E-state index in [1.165, 1.54) is 19.1 Å². The maximum absolute atomic E-state index is 13.7. The number of rotatable bonds is 7. The minimum absolute atomic E-state index is 0.00328. The number of ketones is 2. The summed E-state index contributed by atoms with van der Waals surface area (Å²) in [5.41, 5.74) is -4.22. The van der Waals surface area contributed by atoms with Crippen molar-refractivity contribution in [3.63, 3.8) is 0 Å². The van der Waals surface area contributed by atoms with Gasteiger partial charge in [-0.05, 0) is 13.0 Å². The maximum Gasteiger partial charge on any atom is 0.443 e. The van der Waals surface area contributed by atoms with Crippen LogP contribution in [0.3, 0.4) is 0 Å². The van der Waals surface area contributed by atoms with E-state index in [9.17, 15) is 32.8 Å². The molecule has 2 rings (SSSR count). The number of carbonyl (C=O) groups is 3. The largest absolute Gasteiger partial charge is 0.443 e. The third-order valence-electron chi connectivity index (χ3n) is 3.85. The number of fused-ring (bicyclic) bond motifs is 1. The monoisotopic (exact) mass is 359 g/mol. The van der Waals surface area contributed by atoms with Crippen LogP contribution in [0.2, 0.25) is 0 Å². The van der Waals surface area contributed by atoms with Crippen LogP contribution in [0.4, 0.5) is 13.2 Å². The number of nitrogens with zero attached hydrogens (tertiary/aromatic N) is 1. The summed E-state index contributed by atoms with van der Waals surface area (Å²) >= 11 is 0. The molecular weight excluding hydrogens is 343 g/mol. The highest BCUT2D eigenvalue weighted by molar-refractivity contribution is 5.99. The molecule has 0 spiro atoms. The lowest BCUT2D eigenvalue weighted by Gasteiger charge is -2.36. The third kappa shape index (κ3) is 3.42. The fourth-order valence-electron chi connectivity index (χ4n) is 2.58. The molecule has 0 aliphatic carbocycles. The highest BCUT2D eigenvalue weighted by atomic mass is 19.4. The Balaban J connectivity index is 2.22. The van der Waals surface area contributed by atoms with E-state index in [1.807, 2.05) is 0 Å². The minimum Gasteiger partial charge on any atom is -0.342 e. The first-order chi connectivity index (χ1) is 11.6. The number of amides is 1. The lowest BCUT2D eigenvalue weighted by Crippen LogP contribution is -2.55. The van der Waals surface area contributed by atoms with Gasteiger partial charge in [0.05, 0.1) is 12.2 Å². The van der Waals surface area contributed by atoms with Crippen molar-refractivity contribution in [1.82, 2.24) is 5.06 Å². The Kier molecular flexibility index (Phi) is 5.28. The maximum atomic E-state index is 13.7. The predicted octanol–water partition coefficient (Wildman–Crippen LogP) is 2.59. The first-order valence-corrected chi connectivity index (χ1v) is 7.46. The minimum atomic E-state index is -5.13. The highest BCUT2D eigenvalue weighted by Crippen LogP contribution is 2.49. The van der Waals surface area contributed by atoms with Gasteiger partial charge in [0.15, 0.2) is 0 Å². The molecule has 1 aliphatic heterocycles. The first-order valence-electron chi connectivity index (χ1n) is 7.46. The number of carbonyl (C=O) groups excluding carboxylic acids is 3. The first kappa shape index (κ1) is 19.1. The third-order valence-corrected chi connectivity index (χ3v) is 3.85. The molecule has 1 heterocycles. The average Bonchev–Trinajstić information content (AvgIpc) is 2.75. The van der Waals surface area contributed by atoms with Gasteiger partial charge in [-0.15, -0.1) is 0 Å². The van der Waals surface area contributed by atoms with Crippen molar-refractivity contribution in [2.24, 2.45) is 0 Å². The molecule has 0 aromatic heterocycles. The number of Topliss-reactive ketones (excluding diaryl/α,β-unsaturated/α-hetero) is 2. The lowest BCUT2D eigenvalue weighted by molar-refractivity contribution is -0.377. The number of ether oxygens (including phenoxy) is 1. The molecule has 1 aliphatic rings. The standard InChI is InChI=1S/C16H16F3NO5/c1-10(21)6-7-11(22)8-9-25-15(16(17,18)19)13-5-3-2-4-12(13)14(23)20(15)24/h2-5,24H,6-9H2,1H3. The molecule has 136 valence electrons. The van der Waals surface area contributed by atoms with E-state index in [0.29, 0.717) is 0 Å². The van der Waals surface area contributed by atoms with E-state index >= 15 is 0 Å². The second-order valence-corrected chi connectivity index (χ2v) is 5.64. The van der Waals surface area contributed by atoms with Gasteiger partial charge in [0.25, 0.3) is 11.6 Å². The van der Waals surface area contributed by atoms with Crippen molar-refractivity contribution in [1.29, 1.82) is 0 Å². The van der Waals surface area contributed by atoms with E-state index in [0.717, 1.165) is 12.1 Å². The van der Waals surface area contributed by atoms with E-state index < -0.39 is 40.8 Å². The van der Waals surface area contributed by atoms with Crippen molar-refractivity contribution in [2.45, 2.75) is 38.1 Å². The second-order valence-electron chi connectivity index (χ2n) is 5.64. The van der Waals surface area contributed by atoms with Gasteiger partial charge in [-0.25, -0.2) is 0 Å². The molecule has 0 bridgehead atoms. The lowest BCUT2D eigenvalue weighted by atomic mass is 10.0. The van der Waals surface area contributed by atoms with Crippen LogP contribution in [0.15, 0.2) is 24.3 Å². The quantitative estimate of drug-likeness (QED) is 0.757. The SMILES string of the molecule is CC(=O)CCC(=O)CCOC1(C(F)(F)F)c2ccccc2C(=O)N1O. The summed E-state index contributed by atoms with van der Waals surface area (Å²) in [6.45, 7) is 0.627. The van der Waals surface area contributed by atoms with E-state index in [1.54, 1.807) is 0 Å². The summed E-state index contributed by atoms with van der Waals surface area (Å²) in [5.74, 6) is -1.90. The Morgan fingerprint density at radius 2 is 1.84 bits per heavy atom. The highest BCUT2D eigenvalue weighted by Gasteiger charge is 2.68. The zero-order valence-corrected chi connectivity index (χ0v) is 13.3. The summed E-state index contributed by atoms with van der Waals surface area (Å²) in [4.78, 5) is 34.4. The van der Waals surface area contributed by atoms with E-state index in [2.05, 4.69) is 0 Å². The van der Waals surface area contributed by atoms with Crippen LogP contribution in [0, 0.1) is 0 Å². The smallest absolute Gasteiger partial charge is 0.342 e. The Bertz CT molecular complexity index is 703. The zero-order valence-electron chi connectivity index (χ0n) is 13.3.